The molecule has 0 aliphatic carbocycles. The third-order valence-corrected chi connectivity index (χ3v) is 6.46. The summed E-state index contributed by atoms with van der Waals surface area (Å²) in [6.45, 7) is 1.86. The number of nitrogens with zero attached hydrogens (tertiary/aromatic N) is 2. The minimum absolute atomic E-state index is 0.0503. The fourth-order valence-electron chi connectivity index (χ4n) is 3.69. The number of rotatable bonds is 5. The first-order chi connectivity index (χ1) is 14.7. The number of nitriles is 1. The molecule has 0 bridgehead atoms. The Morgan fingerprint density at radius 2 is 1.53 bits per heavy atom. The van der Waals surface area contributed by atoms with Crippen molar-refractivity contribution in [3.63, 3.8) is 0 Å². The number of benzene rings is 3. The van der Waals surface area contributed by atoms with Gasteiger partial charge in [0.25, 0.3) is 5.91 Å². The van der Waals surface area contributed by atoms with Crippen molar-refractivity contribution in [3.05, 3.63) is 90.0 Å². The summed E-state index contributed by atoms with van der Waals surface area (Å²) in [5.41, 5.74) is 2.51. The number of hydrogen-bond donors (Lipinski definition) is 1. The Morgan fingerprint density at radius 1 is 0.900 bits per heavy atom. The van der Waals surface area contributed by atoms with Gasteiger partial charge in [-0.1, -0.05) is 54.2 Å². The molecule has 3 aromatic rings. The molecule has 1 heterocycles. The van der Waals surface area contributed by atoms with E-state index in [0.29, 0.717) is 11.1 Å². The molecular weight excluding hydrogens is 390 g/mol. The summed E-state index contributed by atoms with van der Waals surface area (Å²) in [5.74, 6) is -0.0503. The Bertz CT molecular complexity index is 1050. The van der Waals surface area contributed by atoms with Crippen LogP contribution in [0.15, 0.2) is 88.7 Å². The van der Waals surface area contributed by atoms with Gasteiger partial charge < -0.3 is 10.2 Å². The van der Waals surface area contributed by atoms with Crippen molar-refractivity contribution in [2.24, 2.45) is 0 Å². The predicted octanol–water partition coefficient (Wildman–Crippen LogP) is 5.11. The van der Waals surface area contributed by atoms with Gasteiger partial charge in [-0.25, -0.2) is 0 Å². The van der Waals surface area contributed by atoms with E-state index in [1.54, 1.807) is 6.07 Å². The molecule has 3 aromatic carbocycles. The molecule has 0 saturated carbocycles. The second-order valence-electron chi connectivity index (χ2n) is 7.28. The van der Waals surface area contributed by atoms with Crippen molar-refractivity contribution in [1.82, 2.24) is 5.32 Å². The number of carbonyl (C=O) groups excluding carboxylic acids is 1. The van der Waals surface area contributed by atoms with E-state index in [4.69, 9.17) is 0 Å². The van der Waals surface area contributed by atoms with E-state index in [1.807, 2.05) is 48.5 Å². The number of hydrogen-bond acceptors (Lipinski definition) is 4. The highest BCUT2D eigenvalue weighted by Crippen LogP contribution is 2.32. The highest BCUT2D eigenvalue weighted by atomic mass is 32.2. The Hall–Kier alpha value is -3.23. The summed E-state index contributed by atoms with van der Waals surface area (Å²) >= 11 is 1.46. The third-order valence-electron chi connectivity index (χ3n) is 5.31. The van der Waals surface area contributed by atoms with Crippen molar-refractivity contribution >= 4 is 23.4 Å². The molecule has 4 rings (SSSR count). The van der Waals surface area contributed by atoms with Gasteiger partial charge in [-0.2, -0.15) is 5.26 Å². The van der Waals surface area contributed by atoms with E-state index < -0.39 is 0 Å². The van der Waals surface area contributed by atoms with Crippen LogP contribution in [-0.4, -0.2) is 25.0 Å². The molecule has 1 aliphatic rings. The zero-order valence-corrected chi connectivity index (χ0v) is 17.4. The van der Waals surface area contributed by atoms with Crippen LogP contribution in [0.4, 0.5) is 5.69 Å². The van der Waals surface area contributed by atoms with Crippen LogP contribution in [0.1, 0.15) is 28.8 Å². The molecule has 1 saturated heterocycles. The van der Waals surface area contributed by atoms with Gasteiger partial charge in [-0.05, 0) is 49.2 Å². The molecule has 1 amide bonds. The van der Waals surface area contributed by atoms with Crippen LogP contribution in [0, 0.1) is 11.3 Å². The second-order valence-corrected chi connectivity index (χ2v) is 8.36. The summed E-state index contributed by atoms with van der Waals surface area (Å²) in [7, 11) is 0. The Morgan fingerprint density at radius 3 is 2.27 bits per heavy atom. The number of para-hydroxylation sites is 1. The van der Waals surface area contributed by atoms with Crippen molar-refractivity contribution in [1.29, 1.82) is 5.26 Å². The van der Waals surface area contributed by atoms with E-state index in [0.717, 1.165) is 35.7 Å². The molecule has 30 heavy (non-hydrogen) atoms. The molecule has 0 unspecified atom stereocenters. The van der Waals surface area contributed by atoms with Gasteiger partial charge >= 0.3 is 0 Å². The lowest BCUT2D eigenvalue weighted by Crippen LogP contribution is -2.44. The lowest BCUT2D eigenvalue weighted by atomic mass is 10.0. The third kappa shape index (κ3) is 4.67. The van der Waals surface area contributed by atoms with Gasteiger partial charge in [0.2, 0.25) is 0 Å². The number of amides is 1. The summed E-state index contributed by atoms with van der Waals surface area (Å²) in [6.07, 6.45) is 1.85. The minimum atomic E-state index is -0.0503. The lowest BCUT2D eigenvalue weighted by Gasteiger charge is -2.34. The second kappa shape index (κ2) is 9.51. The Kier molecular flexibility index (Phi) is 6.36. The van der Waals surface area contributed by atoms with Gasteiger partial charge in [0, 0.05) is 34.6 Å². The molecule has 0 atom stereocenters. The largest absolute Gasteiger partial charge is 0.371 e. The quantitative estimate of drug-likeness (QED) is 0.632. The first kappa shape index (κ1) is 20.1. The molecule has 1 N–H and O–H groups in total. The Labute approximate surface area is 181 Å². The first-order valence-electron chi connectivity index (χ1n) is 10.1. The maximum Gasteiger partial charge on any atom is 0.252 e. The van der Waals surface area contributed by atoms with E-state index in [9.17, 15) is 10.1 Å². The normalized spacial score (nSPS) is 14.2. The number of piperidine rings is 1. The maximum atomic E-state index is 13.0. The molecule has 0 spiro atoms. The highest BCUT2D eigenvalue weighted by molar-refractivity contribution is 7.99. The van der Waals surface area contributed by atoms with Gasteiger partial charge in [-0.3, -0.25) is 4.79 Å². The van der Waals surface area contributed by atoms with Gasteiger partial charge in [0.05, 0.1) is 11.1 Å². The van der Waals surface area contributed by atoms with Crippen LogP contribution in [0.5, 0.6) is 0 Å². The van der Waals surface area contributed by atoms with E-state index in [2.05, 4.69) is 40.6 Å². The van der Waals surface area contributed by atoms with Gasteiger partial charge in [0.1, 0.15) is 6.07 Å². The average Bonchev–Trinajstić information content (AvgIpc) is 2.81. The van der Waals surface area contributed by atoms with Crippen molar-refractivity contribution in [2.45, 2.75) is 28.7 Å². The summed E-state index contributed by atoms with van der Waals surface area (Å²) < 4.78 is 0. The summed E-state index contributed by atoms with van der Waals surface area (Å²) in [4.78, 5) is 17.1. The van der Waals surface area contributed by atoms with Crippen LogP contribution >= 0.6 is 11.8 Å². The van der Waals surface area contributed by atoms with E-state index >= 15 is 0 Å². The summed E-state index contributed by atoms with van der Waals surface area (Å²) in [6, 6.07) is 27.9. The molecule has 1 aliphatic heterocycles. The molecule has 5 heteroatoms. The molecule has 150 valence electrons. The van der Waals surface area contributed by atoms with Crippen LogP contribution in [-0.2, 0) is 0 Å². The topological polar surface area (TPSA) is 56.1 Å². The summed E-state index contributed by atoms with van der Waals surface area (Å²) in [5, 5.41) is 12.6. The van der Waals surface area contributed by atoms with E-state index in [1.165, 1.54) is 17.4 Å². The Balaban J connectivity index is 1.42. The number of nitrogens with one attached hydrogen (secondary N) is 1. The minimum Gasteiger partial charge on any atom is -0.371 e. The average molecular weight is 414 g/mol. The van der Waals surface area contributed by atoms with Crippen molar-refractivity contribution in [3.8, 4) is 6.07 Å². The van der Waals surface area contributed by atoms with Crippen LogP contribution < -0.4 is 10.2 Å². The fraction of sp³-hybridized carbons (Fsp3) is 0.200. The van der Waals surface area contributed by atoms with Crippen LogP contribution in [0.25, 0.3) is 0 Å². The lowest BCUT2D eigenvalue weighted by molar-refractivity contribution is 0.0928. The number of carbonyl (C=O) groups is 1. The van der Waals surface area contributed by atoms with Gasteiger partial charge in [-0.15, -0.1) is 0 Å². The predicted molar refractivity (Wildman–Crippen MR) is 121 cm³/mol. The molecular formula is C25H23N3OS. The van der Waals surface area contributed by atoms with Crippen molar-refractivity contribution < 1.29 is 4.79 Å². The molecule has 0 radical (unpaired) electrons. The zero-order chi connectivity index (χ0) is 20.8. The highest BCUT2D eigenvalue weighted by Gasteiger charge is 2.22. The molecule has 1 fully saturated rings. The molecule has 4 nitrogen and oxygen atoms in total. The standard InChI is InChI=1S/C25H23N3OS/c26-18-19-8-4-6-12-23(19)30-24-13-7-5-11-22(24)25(29)27-20-14-16-28(17-15-20)21-9-2-1-3-10-21/h1-13,20H,14-17H2,(H,27,29). The first-order valence-corrected chi connectivity index (χ1v) is 10.9. The maximum absolute atomic E-state index is 13.0. The van der Waals surface area contributed by atoms with Crippen LogP contribution in [0.2, 0.25) is 0 Å². The SMILES string of the molecule is N#Cc1ccccc1Sc1ccccc1C(=O)NC1CCN(c2ccccc2)CC1. The van der Waals surface area contributed by atoms with Gasteiger partial charge in [0.15, 0.2) is 0 Å². The zero-order valence-electron chi connectivity index (χ0n) is 16.6. The smallest absolute Gasteiger partial charge is 0.252 e. The monoisotopic (exact) mass is 413 g/mol. The van der Waals surface area contributed by atoms with Crippen molar-refractivity contribution in [2.75, 3.05) is 18.0 Å². The molecule has 0 aromatic heterocycles. The van der Waals surface area contributed by atoms with Crippen LogP contribution in [0.3, 0.4) is 0 Å². The fourth-order valence-corrected chi connectivity index (χ4v) is 4.72. The number of anilines is 1. The van der Waals surface area contributed by atoms with E-state index in [-0.39, 0.29) is 11.9 Å².